The van der Waals surface area contributed by atoms with Crippen LogP contribution < -0.4 is 0 Å². The van der Waals surface area contributed by atoms with Crippen LogP contribution in [0.1, 0.15) is 0 Å². The molecule has 0 aliphatic carbocycles. The number of aromatic nitrogens is 1. The van der Waals surface area contributed by atoms with Crippen molar-refractivity contribution in [1.82, 2.24) is 4.98 Å². The molecule has 0 spiro atoms. The average molecular weight is 205 g/mol. The second-order valence-electron chi connectivity index (χ2n) is 2.53. The van der Waals surface area contributed by atoms with Gasteiger partial charge in [0.05, 0.1) is 6.20 Å². The Morgan fingerprint density at radius 1 is 1.21 bits per heavy atom. The molecule has 2 heterocycles. The van der Waals surface area contributed by atoms with E-state index >= 15 is 0 Å². The normalized spacial score (nSPS) is 10.9. The number of azo groups is 1. The molecule has 2 aromatic heterocycles. The van der Waals surface area contributed by atoms with Gasteiger partial charge in [-0.15, -0.1) is 21.6 Å². The Morgan fingerprint density at radius 2 is 2.14 bits per heavy atom. The molecule has 0 bridgehead atoms. The zero-order valence-electron chi connectivity index (χ0n) is 7.16. The summed E-state index contributed by atoms with van der Waals surface area (Å²) < 4.78 is 0. The van der Waals surface area contributed by atoms with Gasteiger partial charge in [0.25, 0.3) is 0 Å². The number of hydrogen-bond donors (Lipinski definition) is 1. The van der Waals surface area contributed by atoms with Gasteiger partial charge in [0.15, 0.2) is 5.82 Å². The van der Waals surface area contributed by atoms with Crippen molar-refractivity contribution < 1.29 is 5.11 Å². The highest BCUT2D eigenvalue weighted by Crippen LogP contribution is 2.22. The Kier molecular flexibility index (Phi) is 2.51. The molecule has 70 valence electrons. The van der Waals surface area contributed by atoms with Crippen molar-refractivity contribution in [3.8, 4) is 5.75 Å². The van der Waals surface area contributed by atoms with Crippen molar-refractivity contribution >= 4 is 22.2 Å². The molecule has 0 amide bonds. The summed E-state index contributed by atoms with van der Waals surface area (Å²) in [6.07, 6.45) is 1.34. The number of nitrogens with zero attached hydrogens (tertiary/aromatic N) is 3. The van der Waals surface area contributed by atoms with Gasteiger partial charge in [-0.1, -0.05) is 0 Å². The van der Waals surface area contributed by atoms with E-state index in [-0.39, 0.29) is 5.75 Å². The summed E-state index contributed by atoms with van der Waals surface area (Å²) in [6, 6.07) is 6.90. The van der Waals surface area contributed by atoms with Crippen molar-refractivity contribution in [2.45, 2.75) is 0 Å². The summed E-state index contributed by atoms with van der Waals surface area (Å²) in [7, 11) is 0. The molecule has 4 nitrogen and oxygen atoms in total. The molecule has 0 aliphatic heterocycles. The molecule has 0 atom stereocenters. The molecule has 0 aromatic carbocycles. The largest absolute Gasteiger partial charge is 0.506 e. The van der Waals surface area contributed by atoms with Gasteiger partial charge in [0, 0.05) is 0 Å². The fourth-order valence-electron chi connectivity index (χ4n) is 0.865. The lowest BCUT2D eigenvalue weighted by Crippen LogP contribution is -1.70. The fourth-order valence-corrected chi connectivity index (χ4v) is 1.41. The molecule has 0 aliphatic rings. The number of rotatable bonds is 2. The molecule has 0 fully saturated rings. The topological polar surface area (TPSA) is 57.8 Å². The van der Waals surface area contributed by atoms with E-state index in [2.05, 4.69) is 15.2 Å². The lowest BCUT2D eigenvalue weighted by molar-refractivity contribution is 0.473. The smallest absolute Gasteiger partial charge is 0.174 e. The van der Waals surface area contributed by atoms with Crippen molar-refractivity contribution in [1.29, 1.82) is 0 Å². The summed E-state index contributed by atoms with van der Waals surface area (Å²) in [5, 5.41) is 19.6. The highest BCUT2D eigenvalue weighted by molar-refractivity contribution is 7.13. The van der Waals surface area contributed by atoms with E-state index in [9.17, 15) is 0 Å². The van der Waals surface area contributed by atoms with Crippen molar-refractivity contribution in [3.63, 3.8) is 0 Å². The van der Waals surface area contributed by atoms with Gasteiger partial charge < -0.3 is 5.11 Å². The molecular weight excluding hydrogens is 198 g/mol. The van der Waals surface area contributed by atoms with Gasteiger partial charge in [0.1, 0.15) is 10.8 Å². The van der Waals surface area contributed by atoms with Crippen LogP contribution >= 0.6 is 11.3 Å². The van der Waals surface area contributed by atoms with Crippen LogP contribution in [0, 0.1) is 0 Å². The molecule has 0 saturated heterocycles. The number of aromatic hydroxyl groups is 1. The minimum Gasteiger partial charge on any atom is -0.506 e. The van der Waals surface area contributed by atoms with Crippen LogP contribution in [0.5, 0.6) is 5.75 Å². The minimum absolute atomic E-state index is 0.125. The third-order valence-electron chi connectivity index (χ3n) is 1.49. The van der Waals surface area contributed by atoms with Crippen LogP contribution in [0.4, 0.5) is 10.8 Å². The Hall–Kier alpha value is -1.75. The summed E-state index contributed by atoms with van der Waals surface area (Å²) in [5.41, 5.74) is 0. The lowest BCUT2D eigenvalue weighted by Gasteiger charge is -1.90. The highest BCUT2D eigenvalue weighted by atomic mass is 32.1. The molecule has 2 aromatic rings. The number of pyridine rings is 1. The number of thiophene rings is 1. The Labute approximate surface area is 84.6 Å². The average Bonchev–Trinajstić information content (AvgIpc) is 2.70. The molecule has 2 rings (SSSR count). The van der Waals surface area contributed by atoms with Crippen LogP contribution in [0.3, 0.4) is 0 Å². The monoisotopic (exact) mass is 205 g/mol. The quantitative estimate of drug-likeness (QED) is 0.765. The summed E-state index contributed by atoms with van der Waals surface area (Å²) in [6.45, 7) is 0. The molecule has 0 radical (unpaired) electrons. The zero-order valence-corrected chi connectivity index (χ0v) is 7.98. The Morgan fingerprint density at radius 3 is 2.79 bits per heavy atom. The van der Waals surface area contributed by atoms with E-state index in [0.717, 1.165) is 5.00 Å². The van der Waals surface area contributed by atoms with Crippen LogP contribution in [-0.2, 0) is 0 Å². The van der Waals surface area contributed by atoms with Gasteiger partial charge in [-0.3, -0.25) is 0 Å². The van der Waals surface area contributed by atoms with Gasteiger partial charge >= 0.3 is 0 Å². The van der Waals surface area contributed by atoms with E-state index in [1.165, 1.54) is 23.6 Å². The highest BCUT2D eigenvalue weighted by Gasteiger charge is 1.92. The van der Waals surface area contributed by atoms with E-state index < -0.39 is 0 Å². The van der Waals surface area contributed by atoms with Crippen LogP contribution in [0.2, 0.25) is 0 Å². The Bertz CT molecular complexity index is 422. The molecule has 0 unspecified atom stereocenters. The first-order chi connectivity index (χ1) is 6.84. The third-order valence-corrected chi connectivity index (χ3v) is 2.24. The standard InChI is InChI=1S/C9H7N3OS/c13-7-3-4-8(10-6-7)11-12-9-2-1-5-14-9/h1-6,13H. The molecule has 5 heteroatoms. The van der Waals surface area contributed by atoms with E-state index in [1.807, 2.05) is 17.5 Å². The molecule has 0 saturated carbocycles. The van der Waals surface area contributed by atoms with Crippen molar-refractivity contribution in [2.75, 3.05) is 0 Å². The third kappa shape index (κ3) is 2.14. The predicted octanol–water partition coefficient (Wildman–Crippen LogP) is 3.26. The number of hydrogen-bond acceptors (Lipinski definition) is 5. The van der Waals surface area contributed by atoms with E-state index in [0.29, 0.717) is 5.82 Å². The van der Waals surface area contributed by atoms with Gasteiger partial charge in [0.2, 0.25) is 0 Å². The molecular formula is C9H7N3OS. The zero-order chi connectivity index (χ0) is 9.80. The van der Waals surface area contributed by atoms with Crippen molar-refractivity contribution in [2.24, 2.45) is 10.2 Å². The Balaban J connectivity index is 2.15. The first kappa shape index (κ1) is 8.83. The summed E-state index contributed by atoms with van der Waals surface area (Å²) in [4.78, 5) is 3.87. The second-order valence-corrected chi connectivity index (χ2v) is 3.45. The summed E-state index contributed by atoms with van der Waals surface area (Å²) >= 11 is 1.51. The van der Waals surface area contributed by atoms with E-state index in [1.54, 1.807) is 6.07 Å². The summed E-state index contributed by atoms with van der Waals surface area (Å²) in [5.74, 6) is 0.608. The van der Waals surface area contributed by atoms with Crippen LogP contribution in [-0.4, -0.2) is 10.1 Å². The maximum atomic E-state index is 8.98. The van der Waals surface area contributed by atoms with Gasteiger partial charge in [-0.2, -0.15) is 0 Å². The minimum atomic E-state index is 0.125. The van der Waals surface area contributed by atoms with Crippen molar-refractivity contribution in [3.05, 3.63) is 35.8 Å². The van der Waals surface area contributed by atoms with Crippen LogP contribution in [0.15, 0.2) is 46.1 Å². The van der Waals surface area contributed by atoms with E-state index in [4.69, 9.17) is 5.11 Å². The second kappa shape index (κ2) is 3.97. The molecule has 14 heavy (non-hydrogen) atoms. The fraction of sp³-hybridized carbons (Fsp3) is 0. The maximum absolute atomic E-state index is 8.98. The first-order valence-electron chi connectivity index (χ1n) is 3.95. The van der Waals surface area contributed by atoms with Gasteiger partial charge in [-0.05, 0) is 29.6 Å². The van der Waals surface area contributed by atoms with Gasteiger partial charge in [-0.25, -0.2) is 4.98 Å². The molecule has 1 N–H and O–H groups in total. The predicted molar refractivity (Wildman–Crippen MR) is 54.4 cm³/mol. The van der Waals surface area contributed by atoms with Crippen LogP contribution in [0.25, 0.3) is 0 Å². The SMILES string of the molecule is Oc1ccc(N=Nc2cccs2)nc1. The first-order valence-corrected chi connectivity index (χ1v) is 4.83. The maximum Gasteiger partial charge on any atom is 0.174 e. The lowest BCUT2D eigenvalue weighted by atomic mass is 10.4.